The molecule has 1 aliphatic heterocycles. The second-order valence-electron chi connectivity index (χ2n) is 11.4. The van der Waals surface area contributed by atoms with Crippen LogP contribution in [0.2, 0.25) is 5.02 Å². The second-order valence-corrected chi connectivity index (χ2v) is 11.8. The minimum Gasteiger partial charge on any atom is -0.383 e. The molecule has 0 radical (unpaired) electrons. The minimum atomic E-state index is -0.728. The number of hydrogen-bond donors (Lipinski definition) is 4. The summed E-state index contributed by atoms with van der Waals surface area (Å²) < 4.78 is 0. The Labute approximate surface area is 234 Å². The van der Waals surface area contributed by atoms with Gasteiger partial charge in [-0.1, -0.05) is 37.1 Å². The van der Waals surface area contributed by atoms with Crippen LogP contribution in [0.3, 0.4) is 0 Å². The Hall–Kier alpha value is -3.92. The van der Waals surface area contributed by atoms with E-state index in [1.165, 1.54) is 19.3 Å². The van der Waals surface area contributed by atoms with Crippen LogP contribution in [0, 0.1) is 28.1 Å². The van der Waals surface area contributed by atoms with Crippen LogP contribution in [0.25, 0.3) is 10.9 Å². The molecule has 2 aromatic carbocycles. The first-order valence-electron chi connectivity index (χ1n) is 13.4. The molecule has 0 amide bonds. The van der Waals surface area contributed by atoms with Crippen molar-refractivity contribution in [2.75, 3.05) is 17.2 Å². The van der Waals surface area contributed by atoms with Gasteiger partial charge in [-0.15, -0.1) is 5.53 Å². The predicted octanol–water partition coefficient (Wildman–Crippen LogP) is 4.46. The van der Waals surface area contributed by atoms with Gasteiger partial charge in [0.25, 0.3) is 0 Å². The maximum Gasteiger partial charge on any atom is 0.148 e. The first kappa shape index (κ1) is 25.4. The van der Waals surface area contributed by atoms with Crippen molar-refractivity contribution in [2.45, 2.75) is 50.5 Å². The van der Waals surface area contributed by atoms with E-state index in [0.29, 0.717) is 27.7 Å². The zero-order valence-corrected chi connectivity index (χ0v) is 22.9. The van der Waals surface area contributed by atoms with E-state index >= 15 is 0 Å². The quantitative estimate of drug-likeness (QED) is 0.312. The minimum absolute atomic E-state index is 0.230. The molecule has 1 aromatic heterocycles. The maximum atomic E-state index is 9.89. The zero-order chi connectivity index (χ0) is 27.2. The number of hydrazine groups is 2. The number of hydrogen-bond acceptors (Lipinski definition) is 8. The molecule has 1 atom stereocenters. The Balaban J connectivity index is 1.43. The lowest BCUT2D eigenvalue weighted by molar-refractivity contribution is 0.180. The molecule has 0 spiro atoms. The standard InChI is InChI=1S/C29H30BClN8/c1-28(8-3-9-28)17-35-26-19(14-33)15-34-27-23(26)11-21(12-24(27)31)36-29(30,20-5-2-4-18(10-20)13-32)25-16-39(38-37-25)22-6-7-22/h2,4-5,10-12,15-16,22,36-38H,3,6-9,17,30H2,1H3,(H,34,35). The molecule has 6 rings (SSSR count). The van der Waals surface area contributed by atoms with Gasteiger partial charge in [-0.3, -0.25) is 9.99 Å². The lowest BCUT2D eigenvalue weighted by Crippen LogP contribution is -2.45. The van der Waals surface area contributed by atoms with Gasteiger partial charge in [0.05, 0.1) is 44.6 Å². The van der Waals surface area contributed by atoms with Crippen LogP contribution in [0.5, 0.6) is 0 Å². The normalized spacial score (nSPS) is 19.2. The molecule has 196 valence electrons. The average Bonchev–Trinajstić information content (AvgIpc) is 3.66. The number of fused-ring (bicyclic) bond motifs is 1. The number of aromatic nitrogens is 1. The highest BCUT2D eigenvalue weighted by Crippen LogP contribution is 2.42. The molecule has 2 heterocycles. The van der Waals surface area contributed by atoms with Crippen LogP contribution in [-0.2, 0) is 5.44 Å². The number of nitrogens with one attached hydrogen (secondary N) is 4. The molecule has 0 saturated heterocycles. The summed E-state index contributed by atoms with van der Waals surface area (Å²) >= 11 is 6.81. The third-order valence-electron chi connectivity index (χ3n) is 8.33. The van der Waals surface area contributed by atoms with E-state index < -0.39 is 5.44 Å². The Morgan fingerprint density at radius 1 is 1.23 bits per heavy atom. The molecule has 2 aliphatic carbocycles. The SMILES string of the molecule is BC(Nc1cc(Cl)c2ncc(C#N)c(NCC3(C)CCC3)c2c1)(C1=CN(C2CC2)NN1)c1cccc(C#N)c1. The molecule has 0 bridgehead atoms. The molecular formula is C29H30BClN8. The highest BCUT2D eigenvalue weighted by molar-refractivity contribution is 6.36. The molecule has 8 nitrogen and oxygen atoms in total. The summed E-state index contributed by atoms with van der Waals surface area (Å²) in [5.41, 5.74) is 11.2. The monoisotopic (exact) mass is 536 g/mol. The highest BCUT2D eigenvalue weighted by Gasteiger charge is 2.38. The summed E-state index contributed by atoms with van der Waals surface area (Å²) in [5, 5.41) is 30.1. The number of rotatable bonds is 8. The Kier molecular flexibility index (Phi) is 6.30. The van der Waals surface area contributed by atoms with Crippen LogP contribution in [0.4, 0.5) is 11.4 Å². The van der Waals surface area contributed by atoms with Crippen molar-refractivity contribution in [1.29, 1.82) is 10.5 Å². The highest BCUT2D eigenvalue weighted by atomic mass is 35.5. The fourth-order valence-corrected chi connectivity index (χ4v) is 5.75. The van der Waals surface area contributed by atoms with E-state index in [1.54, 1.807) is 12.3 Å². The smallest absolute Gasteiger partial charge is 0.148 e. The Morgan fingerprint density at radius 2 is 2.05 bits per heavy atom. The van der Waals surface area contributed by atoms with E-state index in [4.69, 9.17) is 11.6 Å². The van der Waals surface area contributed by atoms with Gasteiger partial charge in [-0.25, -0.2) is 0 Å². The van der Waals surface area contributed by atoms with E-state index in [-0.39, 0.29) is 5.41 Å². The molecule has 39 heavy (non-hydrogen) atoms. The second kappa shape index (κ2) is 9.68. The fourth-order valence-electron chi connectivity index (χ4n) is 5.48. The summed E-state index contributed by atoms with van der Waals surface area (Å²) in [4.78, 5) is 4.52. The summed E-state index contributed by atoms with van der Waals surface area (Å²) in [6.45, 7) is 3.06. The lowest BCUT2D eigenvalue weighted by Gasteiger charge is -2.39. The molecule has 2 fully saturated rings. The molecule has 10 heteroatoms. The Morgan fingerprint density at radius 3 is 2.74 bits per heavy atom. The first-order valence-corrected chi connectivity index (χ1v) is 13.8. The molecule has 1 unspecified atom stereocenters. The van der Waals surface area contributed by atoms with Crippen LogP contribution in [0.15, 0.2) is 54.5 Å². The first-order chi connectivity index (χ1) is 18.8. The van der Waals surface area contributed by atoms with Gasteiger partial charge in [0, 0.05) is 36.1 Å². The van der Waals surface area contributed by atoms with Gasteiger partial charge in [0.15, 0.2) is 0 Å². The fraction of sp³-hybridized carbons (Fsp3) is 0.345. The summed E-state index contributed by atoms with van der Waals surface area (Å²) in [5.74, 6) is 0. The van der Waals surface area contributed by atoms with Gasteiger partial charge in [0.2, 0.25) is 0 Å². The van der Waals surface area contributed by atoms with Crippen molar-refractivity contribution >= 4 is 41.7 Å². The van der Waals surface area contributed by atoms with Crippen molar-refractivity contribution in [3.05, 3.63) is 76.2 Å². The number of halogens is 1. The van der Waals surface area contributed by atoms with Gasteiger partial charge >= 0.3 is 0 Å². The summed E-state index contributed by atoms with van der Waals surface area (Å²) in [7, 11) is 2.08. The number of benzene rings is 2. The Bertz CT molecular complexity index is 1570. The van der Waals surface area contributed by atoms with Crippen LogP contribution in [0.1, 0.15) is 55.7 Å². The van der Waals surface area contributed by atoms with E-state index in [1.807, 2.05) is 30.3 Å². The van der Waals surface area contributed by atoms with E-state index in [0.717, 1.165) is 47.4 Å². The van der Waals surface area contributed by atoms with Crippen molar-refractivity contribution in [3.8, 4) is 12.1 Å². The van der Waals surface area contributed by atoms with Crippen molar-refractivity contribution < 1.29 is 0 Å². The van der Waals surface area contributed by atoms with Crippen LogP contribution in [-0.4, -0.2) is 30.4 Å². The summed E-state index contributed by atoms with van der Waals surface area (Å²) in [6, 6.07) is 16.5. The number of anilines is 2. The van der Waals surface area contributed by atoms with Gasteiger partial charge in [-0.2, -0.15) is 10.5 Å². The van der Waals surface area contributed by atoms with Gasteiger partial charge in [-0.05, 0) is 60.9 Å². The van der Waals surface area contributed by atoms with Crippen molar-refractivity contribution in [2.24, 2.45) is 5.41 Å². The van der Waals surface area contributed by atoms with Gasteiger partial charge < -0.3 is 16.1 Å². The number of nitrogens with zero attached hydrogens (tertiary/aromatic N) is 4. The third kappa shape index (κ3) is 4.73. The number of pyridine rings is 1. The molecule has 3 aliphatic rings. The summed E-state index contributed by atoms with van der Waals surface area (Å²) in [6.07, 6.45) is 9.57. The molecule has 3 aromatic rings. The van der Waals surface area contributed by atoms with Crippen molar-refractivity contribution in [1.82, 2.24) is 21.0 Å². The number of nitriles is 2. The third-order valence-corrected chi connectivity index (χ3v) is 8.62. The molecule has 2 saturated carbocycles. The predicted molar refractivity (Wildman–Crippen MR) is 156 cm³/mol. The van der Waals surface area contributed by atoms with Crippen molar-refractivity contribution in [3.63, 3.8) is 0 Å². The average molecular weight is 537 g/mol. The van der Waals surface area contributed by atoms with E-state index in [9.17, 15) is 10.5 Å². The van der Waals surface area contributed by atoms with E-state index in [2.05, 4.69) is 64.7 Å². The van der Waals surface area contributed by atoms with Gasteiger partial charge in [0.1, 0.15) is 13.9 Å². The molecule has 4 N–H and O–H groups in total. The van der Waals surface area contributed by atoms with Crippen LogP contribution < -0.4 is 21.6 Å². The largest absolute Gasteiger partial charge is 0.383 e. The van der Waals surface area contributed by atoms with Crippen LogP contribution >= 0.6 is 11.6 Å². The molecular weight excluding hydrogens is 507 g/mol. The topological polar surface area (TPSA) is 112 Å². The lowest BCUT2D eigenvalue weighted by atomic mass is 9.69. The maximum absolute atomic E-state index is 9.89. The zero-order valence-electron chi connectivity index (χ0n) is 22.1.